The quantitative estimate of drug-likeness (QED) is 0.736. The van der Waals surface area contributed by atoms with Gasteiger partial charge in [-0.25, -0.2) is 0 Å². The van der Waals surface area contributed by atoms with Gasteiger partial charge in [0.15, 0.2) is 0 Å². The Morgan fingerprint density at radius 2 is 1.57 bits per heavy atom. The summed E-state index contributed by atoms with van der Waals surface area (Å²) in [5.41, 5.74) is -0.624. The van der Waals surface area contributed by atoms with Gasteiger partial charge >= 0.3 is 6.18 Å². The second-order valence-corrected chi connectivity index (χ2v) is 3.03. The number of hydrogen-bond donors (Lipinski definition) is 1. The highest BCUT2D eigenvalue weighted by Gasteiger charge is 2.29. The minimum absolute atomic E-state index is 0.250. The lowest BCUT2D eigenvalue weighted by Gasteiger charge is -2.04. The van der Waals surface area contributed by atoms with E-state index in [9.17, 15) is 13.2 Å². The van der Waals surface area contributed by atoms with Crippen LogP contribution in [0.2, 0.25) is 0 Å². The summed E-state index contributed by atoms with van der Waals surface area (Å²) in [7, 11) is 0. The molecule has 0 aliphatic carbocycles. The van der Waals surface area contributed by atoms with Crippen molar-refractivity contribution in [2.45, 2.75) is 6.18 Å². The second kappa shape index (κ2) is 5.64. The molecule has 1 rings (SSSR count). The molecule has 0 unspecified atom stereocenters. The topological polar surface area (TPSA) is 37.3 Å². The molecule has 1 aromatic carbocycles. The maximum absolute atomic E-state index is 11.9. The maximum atomic E-state index is 11.9. The molecule has 14 heavy (non-hydrogen) atoms. The van der Waals surface area contributed by atoms with Crippen molar-refractivity contribution in [1.29, 1.82) is 0 Å². The summed E-state index contributed by atoms with van der Waals surface area (Å²) in [5, 5.41) is 6.89. The van der Waals surface area contributed by atoms with Crippen LogP contribution >= 0.6 is 15.9 Å². The molecule has 0 aliphatic heterocycles. The number of rotatable bonds is 0. The zero-order valence-corrected chi connectivity index (χ0v) is 8.34. The summed E-state index contributed by atoms with van der Waals surface area (Å²) < 4.78 is 36.4. The summed E-state index contributed by atoms with van der Waals surface area (Å²) >= 11 is 3.04. The van der Waals surface area contributed by atoms with E-state index in [0.717, 1.165) is 12.1 Å². The van der Waals surface area contributed by atoms with Crippen LogP contribution in [-0.2, 0) is 11.0 Å². The van der Waals surface area contributed by atoms with Gasteiger partial charge in [0.25, 0.3) is 6.47 Å². The van der Waals surface area contributed by atoms with E-state index in [1.54, 1.807) is 0 Å². The van der Waals surface area contributed by atoms with Crippen LogP contribution in [0.5, 0.6) is 0 Å². The van der Waals surface area contributed by atoms with Crippen LogP contribution in [0.1, 0.15) is 5.56 Å². The molecule has 0 aromatic heterocycles. The van der Waals surface area contributed by atoms with Gasteiger partial charge in [-0.2, -0.15) is 13.2 Å². The molecular weight excluding hydrogens is 265 g/mol. The van der Waals surface area contributed by atoms with E-state index >= 15 is 0 Å². The van der Waals surface area contributed by atoms with E-state index in [2.05, 4.69) is 15.9 Å². The molecule has 78 valence electrons. The van der Waals surface area contributed by atoms with Crippen LogP contribution in [0.3, 0.4) is 0 Å². The summed E-state index contributed by atoms with van der Waals surface area (Å²) in [4.78, 5) is 8.36. The Morgan fingerprint density at radius 1 is 1.21 bits per heavy atom. The van der Waals surface area contributed by atoms with Gasteiger partial charge in [-0.15, -0.1) is 0 Å². The largest absolute Gasteiger partial charge is 0.483 e. The molecule has 0 fully saturated rings. The van der Waals surface area contributed by atoms with Crippen LogP contribution in [-0.4, -0.2) is 11.6 Å². The molecule has 0 saturated heterocycles. The van der Waals surface area contributed by atoms with Crippen LogP contribution in [0.4, 0.5) is 13.2 Å². The number of carbonyl (C=O) groups is 1. The molecule has 0 radical (unpaired) electrons. The van der Waals surface area contributed by atoms with Crippen LogP contribution in [0.15, 0.2) is 28.7 Å². The highest BCUT2D eigenvalue weighted by atomic mass is 79.9. The van der Waals surface area contributed by atoms with Crippen molar-refractivity contribution in [3.05, 3.63) is 34.3 Å². The van der Waals surface area contributed by atoms with Crippen molar-refractivity contribution in [2.24, 2.45) is 0 Å². The maximum Gasteiger partial charge on any atom is 0.416 e. The fourth-order valence-corrected chi connectivity index (χ4v) is 0.903. The fourth-order valence-electron chi connectivity index (χ4n) is 0.639. The number of halogens is 4. The third-order valence-electron chi connectivity index (χ3n) is 1.17. The van der Waals surface area contributed by atoms with E-state index in [0.29, 0.717) is 4.47 Å². The predicted molar refractivity (Wildman–Crippen MR) is 47.8 cm³/mol. The Bertz CT molecular complexity index is 282. The van der Waals surface area contributed by atoms with Crippen molar-refractivity contribution in [3.8, 4) is 0 Å². The van der Waals surface area contributed by atoms with E-state index in [1.807, 2.05) is 0 Å². The highest BCUT2D eigenvalue weighted by molar-refractivity contribution is 9.10. The molecule has 0 amide bonds. The molecule has 0 bridgehead atoms. The first-order valence-electron chi connectivity index (χ1n) is 3.32. The third kappa shape index (κ3) is 4.86. The zero-order chi connectivity index (χ0) is 11.2. The lowest BCUT2D eigenvalue weighted by Crippen LogP contribution is -2.03. The molecule has 1 aromatic rings. The molecule has 1 N–H and O–H groups in total. The summed E-state index contributed by atoms with van der Waals surface area (Å²) in [6.07, 6.45) is -4.24. The molecule has 0 heterocycles. The number of carboxylic acid groups (broad SMARTS) is 1. The van der Waals surface area contributed by atoms with Gasteiger partial charge in [-0.1, -0.05) is 15.9 Å². The van der Waals surface area contributed by atoms with Crippen molar-refractivity contribution in [2.75, 3.05) is 0 Å². The normalized spacial score (nSPS) is 10.0. The van der Waals surface area contributed by atoms with E-state index < -0.39 is 11.7 Å². The van der Waals surface area contributed by atoms with Gasteiger partial charge in [0.2, 0.25) is 0 Å². The van der Waals surface area contributed by atoms with Crippen LogP contribution in [0.25, 0.3) is 0 Å². The first kappa shape index (κ1) is 13.0. The van der Waals surface area contributed by atoms with Gasteiger partial charge in [-0.05, 0) is 24.3 Å². The molecule has 0 spiro atoms. The monoisotopic (exact) mass is 270 g/mol. The Kier molecular flexibility index (Phi) is 5.22. The summed E-state index contributed by atoms with van der Waals surface area (Å²) in [5.74, 6) is 0. The Morgan fingerprint density at radius 3 is 1.86 bits per heavy atom. The highest BCUT2D eigenvalue weighted by Crippen LogP contribution is 2.29. The molecule has 0 saturated carbocycles. The molecule has 0 atom stereocenters. The third-order valence-corrected chi connectivity index (χ3v) is 1.70. The average Bonchev–Trinajstić information content (AvgIpc) is 2.04. The minimum atomic E-state index is -4.24. The smallest absolute Gasteiger partial charge is 0.416 e. The standard InChI is InChI=1S/C7H4BrF3.CH2O2/c8-6-3-1-5(2-4-6)7(9,10)11;2-1-3/h1-4H;1H,(H,2,3). The molecule has 0 aliphatic rings. The first-order valence-corrected chi connectivity index (χ1v) is 4.11. The Hall–Kier alpha value is -1.04. The SMILES string of the molecule is FC(F)(F)c1ccc(Br)cc1.O=CO. The lowest BCUT2D eigenvalue weighted by atomic mass is 10.2. The zero-order valence-electron chi connectivity index (χ0n) is 6.75. The number of alkyl halides is 3. The second-order valence-electron chi connectivity index (χ2n) is 2.11. The lowest BCUT2D eigenvalue weighted by molar-refractivity contribution is -0.137. The van der Waals surface area contributed by atoms with Crippen molar-refractivity contribution in [1.82, 2.24) is 0 Å². The molecule has 2 nitrogen and oxygen atoms in total. The van der Waals surface area contributed by atoms with Crippen molar-refractivity contribution < 1.29 is 23.1 Å². The average molecular weight is 271 g/mol. The van der Waals surface area contributed by atoms with Crippen molar-refractivity contribution in [3.63, 3.8) is 0 Å². The van der Waals surface area contributed by atoms with Crippen molar-refractivity contribution >= 4 is 22.4 Å². The van der Waals surface area contributed by atoms with E-state index in [1.165, 1.54) is 12.1 Å². The molecule has 6 heteroatoms. The Balaban J connectivity index is 0.000000500. The number of benzene rings is 1. The summed E-state index contributed by atoms with van der Waals surface area (Å²) in [6, 6.07) is 4.79. The predicted octanol–water partition coefficient (Wildman–Crippen LogP) is 3.17. The Labute approximate surface area is 86.5 Å². The first-order chi connectivity index (χ1) is 6.41. The fraction of sp³-hybridized carbons (Fsp3) is 0.125. The van der Waals surface area contributed by atoms with Gasteiger partial charge in [-0.3, -0.25) is 4.79 Å². The van der Waals surface area contributed by atoms with E-state index in [4.69, 9.17) is 9.90 Å². The molecular formula is C8H6BrF3O2. The van der Waals surface area contributed by atoms with Gasteiger partial charge in [0, 0.05) is 4.47 Å². The van der Waals surface area contributed by atoms with E-state index in [-0.39, 0.29) is 6.47 Å². The van der Waals surface area contributed by atoms with Crippen LogP contribution in [0, 0.1) is 0 Å². The van der Waals surface area contributed by atoms with Gasteiger partial charge in [0.05, 0.1) is 5.56 Å². The van der Waals surface area contributed by atoms with Gasteiger partial charge < -0.3 is 5.11 Å². The minimum Gasteiger partial charge on any atom is -0.483 e. The summed E-state index contributed by atoms with van der Waals surface area (Å²) in [6.45, 7) is -0.250. The van der Waals surface area contributed by atoms with Gasteiger partial charge in [0.1, 0.15) is 0 Å². The van der Waals surface area contributed by atoms with Crippen LogP contribution < -0.4 is 0 Å². The number of hydrogen-bond acceptors (Lipinski definition) is 1.